The second-order valence-corrected chi connectivity index (χ2v) is 3.74. The molecule has 0 amide bonds. The largest absolute Gasteiger partial charge is 0.390 e. The van der Waals surface area contributed by atoms with Gasteiger partial charge >= 0.3 is 0 Å². The zero-order chi connectivity index (χ0) is 10.8. The molecule has 2 aromatic rings. The molecule has 0 radical (unpaired) electrons. The Kier molecular flexibility index (Phi) is 2.18. The summed E-state index contributed by atoms with van der Waals surface area (Å²) in [5, 5.41) is 4.16. The van der Waals surface area contributed by atoms with E-state index < -0.39 is 0 Å². The van der Waals surface area contributed by atoms with E-state index in [1.807, 2.05) is 42.5 Å². The molecule has 0 atom stereocenters. The summed E-state index contributed by atoms with van der Waals surface area (Å²) in [7, 11) is 0. The summed E-state index contributed by atoms with van der Waals surface area (Å²) < 4.78 is 0. The fraction of sp³-hybridized carbons (Fsp3) is 0.0714. The van der Waals surface area contributed by atoms with Gasteiger partial charge in [0.2, 0.25) is 0 Å². The van der Waals surface area contributed by atoms with Gasteiger partial charge in [-0.2, -0.15) is 0 Å². The van der Waals surface area contributed by atoms with E-state index in [1.165, 1.54) is 11.1 Å². The first kappa shape index (κ1) is 9.16. The van der Waals surface area contributed by atoms with Gasteiger partial charge in [-0.3, -0.25) is 0 Å². The van der Waals surface area contributed by atoms with Crippen LogP contribution >= 0.6 is 0 Å². The maximum atomic E-state index is 5.25. The van der Waals surface area contributed by atoms with Crippen LogP contribution in [0, 0.1) is 0 Å². The summed E-state index contributed by atoms with van der Waals surface area (Å²) in [5.74, 6) is 0. The van der Waals surface area contributed by atoms with Crippen molar-refractivity contribution in [3.8, 4) is 0 Å². The van der Waals surface area contributed by atoms with E-state index in [4.69, 9.17) is 4.84 Å². The average Bonchev–Trinajstić information content (AvgIpc) is 2.39. The Morgan fingerprint density at radius 1 is 0.875 bits per heavy atom. The molecule has 2 nitrogen and oxygen atoms in total. The topological polar surface area (TPSA) is 21.6 Å². The van der Waals surface area contributed by atoms with Crippen molar-refractivity contribution in [1.82, 2.24) is 0 Å². The van der Waals surface area contributed by atoms with Crippen LogP contribution in [-0.4, -0.2) is 5.71 Å². The summed E-state index contributed by atoms with van der Waals surface area (Å²) in [6.45, 7) is 0.562. The summed E-state index contributed by atoms with van der Waals surface area (Å²) in [6, 6.07) is 18.3. The first-order chi connectivity index (χ1) is 7.95. The van der Waals surface area contributed by atoms with Gasteiger partial charge in [0.15, 0.2) is 0 Å². The number of hydrogen-bond donors (Lipinski definition) is 0. The molecule has 0 unspecified atom stereocenters. The van der Waals surface area contributed by atoms with E-state index >= 15 is 0 Å². The fourth-order valence-corrected chi connectivity index (χ4v) is 1.90. The Morgan fingerprint density at radius 2 is 1.62 bits per heavy atom. The highest BCUT2D eigenvalue weighted by Gasteiger charge is 2.15. The number of benzene rings is 2. The quantitative estimate of drug-likeness (QED) is 0.707. The lowest BCUT2D eigenvalue weighted by atomic mass is 9.97. The van der Waals surface area contributed by atoms with Crippen molar-refractivity contribution < 1.29 is 4.84 Å². The van der Waals surface area contributed by atoms with Crippen molar-refractivity contribution in [2.75, 3.05) is 0 Å². The zero-order valence-corrected chi connectivity index (χ0v) is 8.76. The molecule has 1 aliphatic heterocycles. The summed E-state index contributed by atoms with van der Waals surface area (Å²) in [5.41, 5.74) is 4.37. The molecule has 0 aromatic heterocycles. The van der Waals surface area contributed by atoms with Gasteiger partial charge in [0.25, 0.3) is 0 Å². The molecule has 2 aromatic carbocycles. The first-order valence-corrected chi connectivity index (χ1v) is 5.29. The minimum absolute atomic E-state index is 0.562. The van der Waals surface area contributed by atoms with Crippen molar-refractivity contribution in [2.45, 2.75) is 6.61 Å². The molecule has 2 heteroatoms. The maximum absolute atomic E-state index is 5.25. The highest BCUT2D eigenvalue weighted by molar-refractivity contribution is 6.13. The van der Waals surface area contributed by atoms with Crippen LogP contribution in [0.2, 0.25) is 0 Å². The Labute approximate surface area is 94.2 Å². The average molecular weight is 209 g/mol. The van der Waals surface area contributed by atoms with Crippen molar-refractivity contribution in [3.63, 3.8) is 0 Å². The highest BCUT2D eigenvalue weighted by atomic mass is 16.6. The molecule has 78 valence electrons. The predicted molar refractivity (Wildman–Crippen MR) is 63.3 cm³/mol. The molecule has 0 saturated carbocycles. The van der Waals surface area contributed by atoms with Crippen LogP contribution in [-0.2, 0) is 11.4 Å². The van der Waals surface area contributed by atoms with Crippen LogP contribution in [0.25, 0.3) is 0 Å². The lowest BCUT2D eigenvalue weighted by molar-refractivity contribution is 0.126. The molecule has 0 N–H and O–H groups in total. The van der Waals surface area contributed by atoms with Gasteiger partial charge in [0.05, 0.1) is 0 Å². The second kappa shape index (κ2) is 3.81. The molecular formula is C14H11NO. The predicted octanol–water partition coefficient (Wildman–Crippen LogP) is 2.97. The minimum atomic E-state index is 0.562. The van der Waals surface area contributed by atoms with Crippen LogP contribution in [0.15, 0.2) is 59.8 Å². The van der Waals surface area contributed by atoms with Gasteiger partial charge in [0.1, 0.15) is 12.3 Å². The Balaban J connectivity index is 2.13. The summed E-state index contributed by atoms with van der Waals surface area (Å²) in [6.07, 6.45) is 0. The minimum Gasteiger partial charge on any atom is -0.390 e. The number of oxime groups is 1. The monoisotopic (exact) mass is 209 g/mol. The third-order valence-electron chi connectivity index (χ3n) is 2.70. The van der Waals surface area contributed by atoms with Crippen molar-refractivity contribution in [3.05, 3.63) is 71.3 Å². The van der Waals surface area contributed by atoms with E-state index in [9.17, 15) is 0 Å². The highest BCUT2D eigenvalue weighted by Crippen LogP contribution is 2.20. The van der Waals surface area contributed by atoms with E-state index in [0.29, 0.717) is 6.61 Å². The Bertz CT molecular complexity index is 531. The molecule has 0 aliphatic carbocycles. The molecule has 0 fully saturated rings. The van der Waals surface area contributed by atoms with Crippen LogP contribution in [0.5, 0.6) is 0 Å². The third kappa shape index (κ3) is 1.48. The Hall–Kier alpha value is -2.09. The normalized spacial score (nSPS) is 13.6. The van der Waals surface area contributed by atoms with E-state index in [2.05, 4.69) is 17.3 Å². The van der Waals surface area contributed by atoms with Gasteiger partial charge in [-0.05, 0) is 0 Å². The standard InChI is InChI=1S/C14H11NO/c1-2-6-11(7-3-1)14-13-9-5-4-8-12(13)10-16-15-14/h1-9H,10H2. The van der Waals surface area contributed by atoms with Gasteiger partial charge in [0, 0.05) is 16.7 Å². The van der Waals surface area contributed by atoms with E-state index in [-0.39, 0.29) is 0 Å². The van der Waals surface area contributed by atoms with Crippen LogP contribution in [0.1, 0.15) is 16.7 Å². The molecule has 16 heavy (non-hydrogen) atoms. The zero-order valence-electron chi connectivity index (χ0n) is 8.76. The molecule has 1 aliphatic rings. The van der Waals surface area contributed by atoms with Crippen LogP contribution in [0.3, 0.4) is 0 Å². The smallest absolute Gasteiger partial charge is 0.143 e. The molecular weight excluding hydrogens is 198 g/mol. The fourth-order valence-electron chi connectivity index (χ4n) is 1.90. The molecule has 0 spiro atoms. The van der Waals surface area contributed by atoms with Gasteiger partial charge in [-0.1, -0.05) is 59.8 Å². The van der Waals surface area contributed by atoms with Gasteiger partial charge in [-0.15, -0.1) is 0 Å². The number of hydrogen-bond acceptors (Lipinski definition) is 2. The van der Waals surface area contributed by atoms with E-state index in [0.717, 1.165) is 11.3 Å². The van der Waals surface area contributed by atoms with Gasteiger partial charge in [-0.25, -0.2) is 0 Å². The van der Waals surface area contributed by atoms with Gasteiger partial charge < -0.3 is 4.84 Å². The summed E-state index contributed by atoms with van der Waals surface area (Å²) in [4.78, 5) is 5.25. The van der Waals surface area contributed by atoms with Crippen molar-refractivity contribution in [2.24, 2.45) is 5.16 Å². The summed E-state index contributed by atoms with van der Waals surface area (Å²) >= 11 is 0. The SMILES string of the molecule is c1ccc(C2=NOCc3ccccc32)cc1. The molecule has 3 rings (SSSR count). The number of fused-ring (bicyclic) bond motifs is 1. The number of rotatable bonds is 1. The van der Waals surface area contributed by atoms with Crippen LogP contribution < -0.4 is 0 Å². The third-order valence-corrected chi connectivity index (χ3v) is 2.70. The second-order valence-electron chi connectivity index (χ2n) is 3.74. The van der Waals surface area contributed by atoms with Crippen molar-refractivity contribution >= 4 is 5.71 Å². The number of nitrogens with zero attached hydrogens (tertiary/aromatic N) is 1. The lowest BCUT2D eigenvalue weighted by Crippen LogP contribution is -2.12. The maximum Gasteiger partial charge on any atom is 0.143 e. The Morgan fingerprint density at radius 3 is 2.50 bits per heavy atom. The van der Waals surface area contributed by atoms with Crippen molar-refractivity contribution in [1.29, 1.82) is 0 Å². The van der Waals surface area contributed by atoms with Crippen LogP contribution in [0.4, 0.5) is 0 Å². The lowest BCUT2D eigenvalue weighted by Gasteiger charge is -2.16. The first-order valence-electron chi connectivity index (χ1n) is 5.29. The molecule has 0 saturated heterocycles. The molecule has 1 heterocycles. The van der Waals surface area contributed by atoms with E-state index in [1.54, 1.807) is 0 Å². The molecule has 0 bridgehead atoms.